The number of benzene rings is 1. The minimum Gasteiger partial charge on any atom is -0.449 e. The first-order chi connectivity index (χ1) is 13.6. The Morgan fingerprint density at radius 3 is 2.41 bits per heavy atom. The molecule has 1 heterocycles. The van der Waals surface area contributed by atoms with E-state index in [2.05, 4.69) is 0 Å². The summed E-state index contributed by atoms with van der Waals surface area (Å²) in [6, 6.07) is 12.1. The fourth-order valence-corrected chi connectivity index (χ4v) is 2.58. The Morgan fingerprint density at radius 1 is 1.21 bits per heavy atom. The number of esters is 1. The lowest BCUT2D eigenvalue weighted by Crippen LogP contribution is -2.49. The molecule has 0 aliphatic carbocycles. The molecular formula is C21H24N2O6. The van der Waals surface area contributed by atoms with Crippen LogP contribution in [0.2, 0.25) is 0 Å². The SMILES string of the molecule is C[C@H](OC(=O)/C=C/c1ccc([N+](=O)[O-])o1)C(=O)N(Cc1ccccc1)C(C)(C)C. The first kappa shape index (κ1) is 21.9. The Labute approximate surface area is 168 Å². The van der Waals surface area contributed by atoms with E-state index >= 15 is 0 Å². The molecule has 0 aliphatic rings. The van der Waals surface area contributed by atoms with Gasteiger partial charge in [-0.15, -0.1) is 0 Å². The van der Waals surface area contributed by atoms with Gasteiger partial charge in [0.25, 0.3) is 5.91 Å². The molecule has 154 valence electrons. The normalized spacial score (nSPS) is 12.6. The number of carbonyl (C=O) groups is 2. The summed E-state index contributed by atoms with van der Waals surface area (Å²) in [7, 11) is 0. The highest BCUT2D eigenvalue weighted by molar-refractivity contribution is 5.90. The average molecular weight is 400 g/mol. The maximum Gasteiger partial charge on any atom is 0.433 e. The van der Waals surface area contributed by atoms with Gasteiger partial charge in [-0.3, -0.25) is 14.9 Å². The van der Waals surface area contributed by atoms with Crippen molar-refractivity contribution >= 4 is 23.8 Å². The maximum atomic E-state index is 12.9. The Bertz CT molecular complexity index is 895. The van der Waals surface area contributed by atoms with Crippen molar-refractivity contribution in [2.45, 2.75) is 45.9 Å². The van der Waals surface area contributed by atoms with Crippen LogP contribution in [0.3, 0.4) is 0 Å². The fraction of sp³-hybridized carbons (Fsp3) is 0.333. The predicted octanol–water partition coefficient (Wildman–Crippen LogP) is 3.96. The van der Waals surface area contributed by atoms with Crippen LogP contribution in [0.1, 0.15) is 39.0 Å². The van der Waals surface area contributed by atoms with Crippen molar-refractivity contribution < 1.29 is 23.7 Å². The Hall–Kier alpha value is -3.42. The molecule has 1 atom stereocenters. The van der Waals surface area contributed by atoms with E-state index in [1.54, 1.807) is 4.90 Å². The number of ether oxygens (including phenoxy) is 1. The molecule has 1 aromatic carbocycles. The van der Waals surface area contributed by atoms with Crippen molar-refractivity contribution in [1.82, 2.24) is 4.90 Å². The molecule has 0 unspecified atom stereocenters. The second kappa shape index (κ2) is 9.18. The quantitative estimate of drug-likeness (QED) is 0.302. The molecule has 2 rings (SSSR count). The first-order valence-corrected chi connectivity index (χ1v) is 9.06. The van der Waals surface area contributed by atoms with Crippen molar-refractivity contribution in [2.75, 3.05) is 0 Å². The molecule has 29 heavy (non-hydrogen) atoms. The van der Waals surface area contributed by atoms with Crippen LogP contribution in [-0.4, -0.2) is 33.3 Å². The number of carbonyl (C=O) groups excluding carboxylic acids is 2. The van der Waals surface area contributed by atoms with E-state index in [9.17, 15) is 19.7 Å². The second-order valence-corrected chi connectivity index (χ2v) is 7.43. The molecule has 8 heteroatoms. The number of amides is 1. The van der Waals surface area contributed by atoms with Crippen LogP contribution >= 0.6 is 0 Å². The van der Waals surface area contributed by atoms with E-state index in [0.717, 1.165) is 11.6 Å². The summed E-state index contributed by atoms with van der Waals surface area (Å²) < 4.78 is 10.1. The standard InChI is InChI=1S/C21H24N2O6/c1-15(28-19(24)13-11-17-10-12-18(29-17)23(26)27)20(25)22(21(2,3)4)14-16-8-6-5-7-9-16/h5-13,15H,14H2,1-4H3/b13-11+/t15-/m0/s1. The summed E-state index contributed by atoms with van der Waals surface area (Å²) >= 11 is 0. The predicted molar refractivity (Wildman–Crippen MR) is 107 cm³/mol. The zero-order chi connectivity index (χ0) is 21.6. The highest BCUT2D eigenvalue weighted by atomic mass is 16.6. The van der Waals surface area contributed by atoms with Crippen LogP contribution in [0.5, 0.6) is 0 Å². The molecule has 0 N–H and O–H groups in total. The average Bonchev–Trinajstić information content (AvgIpc) is 3.13. The van der Waals surface area contributed by atoms with Crippen LogP contribution in [0.15, 0.2) is 53.0 Å². The van der Waals surface area contributed by atoms with Gasteiger partial charge >= 0.3 is 11.9 Å². The largest absolute Gasteiger partial charge is 0.449 e. The van der Waals surface area contributed by atoms with Gasteiger partial charge in [-0.25, -0.2) is 4.79 Å². The lowest BCUT2D eigenvalue weighted by Gasteiger charge is -2.37. The van der Waals surface area contributed by atoms with E-state index < -0.39 is 28.4 Å². The topological polar surface area (TPSA) is 103 Å². The minimum absolute atomic E-state index is 0.132. The number of rotatable bonds is 7. The molecule has 0 spiro atoms. The number of nitro groups is 1. The third kappa shape index (κ3) is 6.31. The van der Waals surface area contributed by atoms with Crippen molar-refractivity contribution in [1.29, 1.82) is 0 Å². The smallest absolute Gasteiger partial charge is 0.433 e. The first-order valence-electron chi connectivity index (χ1n) is 9.06. The van der Waals surface area contributed by atoms with Gasteiger partial charge in [0.05, 0.1) is 6.07 Å². The van der Waals surface area contributed by atoms with Crippen LogP contribution in [0.25, 0.3) is 6.08 Å². The summed E-state index contributed by atoms with van der Waals surface area (Å²) in [5, 5.41) is 10.6. The van der Waals surface area contributed by atoms with Crippen LogP contribution in [0, 0.1) is 10.1 Å². The Morgan fingerprint density at radius 2 is 1.86 bits per heavy atom. The molecule has 0 aliphatic heterocycles. The number of nitrogens with zero attached hydrogens (tertiary/aromatic N) is 2. The minimum atomic E-state index is -0.999. The molecule has 1 amide bonds. The molecule has 0 radical (unpaired) electrons. The van der Waals surface area contributed by atoms with Crippen LogP contribution in [-0.2, 0) is 20.9 Å². The zero-order valence-corrected chi connectivity index (χ0v) is 16.8. The summed E-state index contributed by atoms with van der Waals surface area (Å²) in [6.45, 7) is 7.62. The van der Waals surface area contributed by atoms with E-state index in [1.165, 1.54) is 25.1 Å². The second-order valence-electron chi connectivity index (χ2n) is 7.43. The van der Waals surface area contributed by atoms with Crippen molar-refractivity contribution in [3.05, 3.63) is 70.0 Å². The summed E-state index contributed by atoms with van der Waals surface area (Å²) in [4.78, 5) is 36.5. The van der Waals surface area contributed by atoms with E-state index in [1.807, 2.05) is 51.1 Å². The Balaban J connectivity index is 2.03. The highest BCUT2D eigenvalue weighted by Gasteiger charge is 2.31. The molecule has 2 aromatic rings. The fourth-order valence-electron chi connectivity index (χ4n) is 2.58. The molecule has 0 saturated heterocycles. The molecule has 1 aromatic heterocycles. The van der Waals surface area contributed by atoms with Gasteiger partial charge in [-0.2, -0.15) is 0 Å². The van der Waals surface area contributed by atoms with Gasteiger partial charge in [0, 0.05) is 18.2 Å². The number of hydrogen-bond acceptors (Lipinski definition) is 6. The maximum absolute atomic E-state index is 12.9. The van der Waals surface area contributed by atoms with Gasteiger partial charge in [-0.1, -0.05) is 30.3 Å². The van der Waals surface area contributed by atoms with Crippen molar-refractivity contribution in [3.63, 3.8) is 0 Å². The monoisotopic (exact) mass is 400 g/mol. The van der Waals surface area contributed by atoms with Crippen LogP contribution < -0.4 is 0 Å². The van der Waals surface area contributed by atoms with Gasteiger partial charge in [0.15, 0.2) is 6.10 Å². The molecule has 0 fully saturated rings. The number of hydrogen-bond donors (Lipinski definition) is 0. The molecule has 0 saturated carbocycles. The number of furan rings is 1. The van der Waals surface area contributed by atoms with E-state index in [-0.39, 0.29) is 11.7 Å². The zero-order valence-electron chi connectivity index (χ0n) is 16.8. The lowest BCUT2D eigenvalue weighted by molar-refractivity contribution is -0.402. The van der Waals surface area contributed by atoms with E-state index in [0.29, 0.717) is 6.54 Å². The highest BCUT2D eigenvalue weighted by Crippen LogP contribution is 2.20. The van der Waals surface area contributed by atoms with Crippen LogP contribution in [0.4, 0.5) is 5.88 Å². The molecule has 8 nitrogen and oxygen atoms in total. The van der Waals surface area contributed by atoms with Gasteiger partial charge in [0.2, 0.25) is 0 Å². The van der Waals surface area contributed by atoms with Gasteiger partial charge in [-0.05, 0) is 45.4 Å². The summed E-state index contributed by atoms with van der Waals surface area (Å²) in [5.74, 6) is -1.37. The van der Waals surface area contributed by atoms with E-state index in [4.69, 9.17) is 9.15 Å². The molecular weight excluding hydrogens is 376 g/mol. The summed E-state index contributed by atoms with van der Waals surface area (Å²) in [6.07, 6.45) is 1.31. The lowest BCUT2D eigenvalue weighted by atomic mass is 10.0. The summed E-state index contributed by atoms with van der Waals surface area (Å²) in [5.41, 5.74) is 0.491. The van der Waals surface area contributed by atoms with Gasteiger partial charge < -0.3 is 14.1 Å². The van der Waals surface area contributed by atoms with Crippen molar-refractivity contribution in [2.24, 2.45) is 0 Å². The third-order valence-electron chi connectivity index (χ3n) is 4.08. The Kier molecular flexibility index (Phi) is 6.93. The third-order valence-corrected chi connectivity index (χ3v) is 4.08. The molecule has 0 bridgehead atoms. The van der Waals surface area contributed by atoms with Crippen molar-refractivity contribution in [3.8, 4) is 0 Å². The van der Waals surface area contributed by atoms with Gasteiger partial charge in [0.1, 0.15) is 10.7 Å².